The molecule has 0 unspecified atom stereocenters. The minimum Gasteiger partial charge on any atom is -0.368 e. The Bertz CT molecular complexity index is 869. The Morgan fingerprint density at radius 2 is 1.73 bits per heavy atom. The number of hydrogen-bond donors (Lipinski definition) is 3. The van der Waals surface area contributed by atoms with Crippen LogP contribution in [0.5, 0.6) is 0 Å². The quantitative estimate of drug-likeness (QED) is 0.569. The third-order valence-corrected chi connectivity index (χ3v) is 3.69. The van der Waals surface area contributed by atoms with Crippen LogP contribution in [0.25, 0.3) is 0 Å². The van der Waals surface area contributed by atoms with Gasteiger partial charge >= 0.3 is 0 Å². The van der Waals surface area contributed by atoms with Gasteiger partial charge in [-0.15, -0.1) is 0 Å². The second-order valence-corrected chi connectivity index (χ2v) is 5.63. The van der Waals surface area contributed by atoms with E-state index in [4.69, 9.17) is 0 Å². The van der Waals surface area contributed by atoms with E-state index in [0.717, 1.165) is 5.56 Å². The molecule has 0 aliphatic carbocycles. The van der Waals surface area contributed by atoms with Gasteiger partial charge in [0.25, 0.3) is 5.91 Å². The molecule has 1 aromatic carbocycles. The summed E-state index contributed by atoms with van der Waals surface area (Å²) in [5.41, 5.74) is 1.65. The van der Waals surface area contributed by atoms with Gasteiger partial charge in [0, 0.05) is 30.9 Å². The number of aromatic nitrogens is 3. The van der Waals surface area contributed by atoms with E-state index in [1.807, 2.05) is 49.4 Å². The van der Waals surface area contributed by atoms with Gasteiger partial charge in [-0.3, -0.25) is 4.79 Å². The summed E-state index contributed by atoms with van der Waals surface area (Å²) in [6, 6.07) is 14.9. The third-order valence-electron chi connectivity index (χ3n) is 3.69. The first-order chi connectivity index (χ1) is 12.7. The van der Waals surface area contributed by atoms with Crippen molar-refractivity contribution in [2.75, 3.05) is 23.7 Å². The molecular weight excluding hydrogens is 328 g/mol. The van der Waals surface area contributed by atoms with Crippen LogP contribution in [0.2, 0.25) is 0 Å². The number of nitrogens with one attached hydrogen (secondary N) is 3. The molecule has 0 bridgehead atoms. The van der Waals surface area contributed by atoms with Crippen molar-refractivity contribution in [3.8, 4) is 0 Å². The average molecular weight is 348 g/mol. The molecule has 0 atom stereocenters. The highest BCUT2D eigenvalue weighted by atomic mass is 16.1. The number of hydrogen-bond acceptors (Lipinski definition) is 6. The molecule has 3 aromatic rings. The summed E-state index contributed by atoms with van der Waals surface area (Å²) in [7, 11) is 0. The van der Waals surface area contributed by atoms with Gasteiger partial charge < -0.3 is 16.0 Å². The number of aryl methyl sites for hydroxylation is 1. The van der Waals surface area contributed by atoms with E-state index in [1.54, 1.807) is 12.3 Å². The molecular formula is C19H20N6O. The Morgan fingerprint density at radius 1 is 0.923 bits per heavy atom. The number of carbonyl (C=O) groups is 1. The number of anilines is 3. The molecule has 0 spiro atoms. The van der Waals surface area contributed by atoms with Crippen molar-refractivity contribution in [1.29, 1.82) is 0 Å². The molecule has 7 nitrogen and oxygen atoms in total. The van der Waals surface area contributed by atoms with Crippen LogP contribution >= 0.6 is 0 Å². The molecule has 2 aromatic heterocycles. The van der Waals surface area contributed by atoms with E-state index >= 15 is 0 Å². The molecule has 26 heavy (non-hydrogen) atoms. The largest absolute Gasteiger partial charge is 0.368 e. The van der Waals surface area contributed by atoms with Gasteiger partial charge in [-0.05, 0) is 30.7 Å². The lowest BCUT2D eigenvalue weighted by Gasteiger charge is -2.10. The van der Waals surface area contributed by atoms with E-state index in [-0.39, 0.29) is 5.91 Å². The van der Waals surface area contributed by atoms with E-state index in [0.29, 0.717) is 36.1 Å². The van der Waals surface area contributed by atoms with Crippen LogP contribution in [-0.2, 0) is 0 Å². The smallest absolute Gasteiger partial charge is 0.251 e. The molecule has 0 aliphatic heterocycles. The summed E-state index contributed by atoms with van der Waals surface area (Å²) in [6.07, 6.45) is 3.18. The van der Waals surface area contributed by atoms with E-state index in [9.17, 15) is 4.79 Å². The van der Waals surface area contributed by atoms with Crippen LogP contribution in [0, 0.1) is 6.92 Å². The summed E-state index contributed by atoms with van der Waals surface area (Å²) < 4.78 is 0. The second kappa shape index (κ2) is 8.57. The van der Waals surface area contributed by atoms with Crippen LogP contribution in [0.4, 0.5) is 17.5 Å². The number of carbonyl (C=O) groups excluding carboxylic acids is 1. The number of nitrogens with zero attached hydrogens (tertiary/aromatic N) is 3. The molecule has 0 saturated heterocycles. The van der Waals surface area contributed by atoms with Crippen LogP contribution in [0.1, 0.15) is 15.9 Å². The molecule has 132 valence electrons. The minimum absolute atomic E-state index is 0.0786. The Balaban J connectivity index is 1.48. The SMILES string of the molecule is Cc1ccccc1C(=O)NCCNc1cc(Nc2ccccn2)ncn1. The first-order valence-corrected chi connectivity index (χ1v) is 8.30. The van der Waals surface area contributed by atoms with Crippen molar-refractivity contribution in [1.82, 2.24) is 20.3 Å². The van der Waals surface area contributed by atoms with E-state index in [2.05, 4.69) is 30.9 Å². The average Bonchev–Trinajstić information content (AvgIpc) is 2.66. The summed E-state index contributed by atoms with van der Waals surface area (Å²) in [4.78, 5) is 24.7. The lowest BCUT2D eigenvalue weighted by molar-refractivity contribution is 0.0954. The summed E-state index contributed by atoms with van der Waals surface area (Å²) in [5, 5.41) is 9.17. The highest BCUT2D eigenvalue weighted by molar-refractivity contribution is 5.95. The molecule has 1 amide bonds. The standard InChI is InChI=1S/C19H20N6O/c1-14-6-2-3-7-15(14)19(26)22-11-10-21-17-12-18(24-13-23-17)25-16-8-4-5-9-20-16/h2-9,12-13H,10-11H2,1H3,(H,22,26)(H2,20,21,23,24,25). The Labute approximate surface area is 151 Å². The van der Waals surface area contributed by atoms with Crippen molar-refractivity contribution in [3.05, 3.63) is 72.2 Å². The van der Waals surface area contributed by atoms with Gasteiger partial charge in [0.2, 0.25) is 0 Å². The molecule has 2 heterocycles. The van der Waals surface area contributed by atoms with Gasteiger partial charge in [0.1, 0.15) is 23.8 Å². The Kier molecular flexibility index (Phi) is 5.72. The number of pyridine rings is 1. The number of rotatable bonds is 7. The van der Waals surface area contributed by atoms with Gasteiger partial charge in [0.15, 0.2) is 0 Å². The van der Waals surface area contributed by atoms with Crippen molar-refractivity contribution in [2.24, 2.45) is 0 Å². The normalized spacial score (nSPS) is 10.2. The molecule has 0 aliphatic rings. The van der Waals surface area contributed by atoms with Crippen molar-refractivity contribution in [2.45, 2.75) is 6.92 Å². The zero-order valence-electron chi connectivity index (χ0n) is 14.4. The Hall–Kier alpha value is -3.48. The van der Waals surface area contributed by atoms with Gasteiger partial charge in [-0.2, -0.15) is 0 Å². The lowest BCUT2D eigenvalue weighted by atomic mass is 10.1. The molecule has 3 rings (SSSR count). The molecule has 0 fully saturated rings. The number of benzene rings is 1. The lowest BCUT2D eigenvalue weighted by Crippen LogP contribution is -2.29. The zero-order valence-corrected chi connectivity index (χ0v) is 14.4. The fraction of sp³-hybridized carbons (Fsp3) is 0.158. The Morgan fingerprint density at radius 3 is 2.54 bits per heavy atom. The predicted molar refractivity (Wildman–Crippen MR) is 102 cm³/mol. The summed E-state index contributed by atoms with van der Waals surface area (Å²) in [5.74, 6) is 1.95. The van der Waals surface area contributed by atoms with Crippen LogP contribution in [-0.4, -0.2) is 33.9 Å². The third kappa shape index (κ3) is 4.76. The van der Waals surface area contributed by atoms with Crippen molar-refractivity contribution >= 4 is 23.4 Å². The second-order valence-electron chi connectivity index (χ2n) is 5.63. The van der Waals surface area contributed by atoms with E-state index < -0.39 is 0 Å². The summed E-state index contributed by atoms with van der Waals surface area (Å²) in [6.45, 7) is 2.96. The molecule has 0 saturated carbocycles. The first kappa shape index (κ1) is 17.3. The first-order valence-electron chi connectivity index (χ1n) is 8.30. The zero-order chi connectivity index (χ0) is 18.2. The molecule has 7 heteroatoms. The molecule has 3 N–H and O–H groups in total. The predicted octanol–water partition coefficient (Wildman–Crippen LogP) is 2.77. The number of amides is 1. The summed E-state index contributed by atoms with van der Waals surface area (Å²) >= 11 is 0. The maximum atomic E-state index is 12.2. The fourth-order valence-corrected chi connectivity index (χ4v) is 2.38. The van der Waals surface area contributed by atoms with Crippen LogP contribution in [0.15, 0.2) is 61.1 Å². The van der Waals surface area contributed by atoms with Gasteiger partial charge in [-0.25, -0.2) is 15.0 Å². The highest BCUT2D eigenvalue weighted by Crippen LogP contribution is 2.13. The minimum atomic E-state index is -0.0786. The fourth-order valence-electron chi connectivity index (χ4n) is 2.38. The van der Waals surface area contributed by atoms with Gasteiger partial charge in [-0.1, -0.05) is 24.3 Å². The maximum Gasteiger partial charge on any atom is 0.251 e. The highest BCUT2D eigenvalue weighted by Gasteiger charge is 2.07. The van der Waals surface area contributed by atoms with E-state index in [1.165, 1.54) is 6.33 Å². The van der Waals surface area contributed by atoms with Crippen molar-refractivity contribution in [3.63, 3.8) is 0 Å². The van der Waals surface area contributed by atoms with Gasteiger partial charge in [0.05, 0.1) is 0 Å². The van der Waals surface area contributed by atoms with Crippen LogP contribution < -0.4 is 16.0 Å². The van der Waals surface area contributed by atoms with Crippen molar-refractivity contribution < 1.29 is 4.79 Å². The molecule has 0 radical (unpaired) electrons. The topological polar surface area (TPSA) is 91.8 Å². The maximum absolute atomic E-state index is 12.2. The monoisotopic (exact) mass is 348 g/mol. The van der Waals surface area contributed by atoms with Crippen LogP contribution in [0.3, 0.4) is 0 Å².